The van der Waals surface area contributed by atoms with E-state index in [1.807, 2.05) is 31.2 Å². The maximum Gasteiger partial charge on any atom is 0.178 e. The third-order valence-corrected chi connectivity index (χ3v) is 4.05. The molecular weight excluding hydrogens is 278 g/mol. The fourth-order valence-electron chi connectivity index (χ4n) is 1.91. The number of aryl methyl sites for hydroxylation is 1. The van der Waals surface area contributed by atoms with Crippen molar-refractivity contribution in [1.29, 1.82) is 0 Å². The number of hydrogen-bond acceptors (Lipinski definition) is 3. The highest BCUT2D eigenvalue weighted by Crippen LogP contribution is 2.27. The first-order valence-corrected chi connectivity index (χ1v) is 6.99. The van der Waals surface area contributed by atoms with Crippen LogP contribution < -0.4 is 5.32 Å². The van der Waals surface area contributed by atoms with Crippen molar-refractivity contribution in [2.75, 3.05) is 5.32 Å². The summed E-state index contributed by atoms with van der Waals surface area (Å²) in [7, 11) is 0. The normalized spacial score (nSPS) is 10.9. The minimum absolute atomic E-state index is 0.269. The van der Waals surface area contributed by atoms with Crippen molar-refractivity contribution in [3.8, 4) is 0 Å². The Labute approximate surface area is 119 Å². The number of anilines is 1. The number of nitrogens with one attached hydrogen (secondary N) is 1. The molecule has 0 saturated heterocycles. The summed E-state index contributed by atoms with van der Waals surface area (Å²) in [6.07, 6.45) is 0. The highest BCUT2D eigenvalue weighted by molar-refractivity contribution is 7.18. The summed E-state index contributed by atoms with van der Waals surface area (Å²) >= 11 is 1.17. The van der Waals surface area contributed by atoms with Gasteiger partial charge in [-0.2, -0.15) is 0 Å². The van der Waals surface area contributed by atoms with Gasteiger partial charge < -0.3 is 5.32 Å². The van der Waals surface area contributed by atoms with Crippen LogP contribution in [0.5, 0.6) is 0 Å². The molecule has 0 atom stereocenters. The topological polar surface area (TPSA) is 24.9 Å². The van der Waals surface area contributed by atoms with E-state index in [-0.39, 0.29) is 4.70 Å². The first-order valence-electron chi connectivity index (χ1n) is 6.17. The van der Waals surface area contributed by atoms with E-state index < -0.39 is 11.6 Å². The first kappa shape index (κ1) is 13.0. The van der Waals surface area contributed by atoms with Crippen LogP contribution in [-0.2, 0) is 6.54 Å². The van der Waals surface area contributed by atoms with Gasteiger partial charge in [0.05, 0.1) is 16.8 Å². The summed E-state index contributed by atoms with van der Waals surface area (Å²) in [5.41, 5.74) is 2.66. The summed E-state index contributed by atoms with van der Waals surface area (Å²) < 4.78 is 27.0. The monoisotopic (exact) mass is 290 g/mol. The van der Waals surface area contributed by atoms with E-state index in [9.17, 15) is 8.78 Å². The van der Waals surface area contributed by atoms with E-state index in [4.69, 9.17) is 0 Å². The minimum atomic E-state index is -0.834. The Hall–Kier alpha value is -2.01. The van der Waals surface area contributed by atoms with Crippen molar-refractivity contribution in [2.24, 2.45) is 0 Å². The third-order valence-electron chi connectivity index (χ3n) is 2.99. The Morgan fingerprint density at radius 1 is 1.10 bits per heavy atom. The molecule has 0 radical (unpaired) electrons. The van der Waals surface area contributed by atoms with E-state index in [1.54, 1.807) is 0 Å². The van der Waals surface area contributed by atoms with Gasteiger partial charge in [-0.3, -0.25) is 0 Å². The Morgan fingerprint density at radius 3 is 2.60 bits per heavy atom. The van der Waals surface area contributed by atoms with Crippen molar-refractivity contribution in [3.63, 3.8) is 0 Å². The Balaban J connectivity index is 1.81. The van der Waals surface area contributed by atoms with Gasteiger partial charge in [-0.05, 0) is 31.2 Å². The van der Waals surface area contributed by atoms with E-state index in [0.29, 0.717) is 12.1 Å². The second-order valence-electron chi connectivity index (χ2n) is 4.54. The number of thiazole rings is 1. The number of nitrogens with zero attached hydrogens (tertiary/aromatic N) is 1. The lowest BCUT2D eigenvalue weighted by molar-refractivity contribution is 0.518. The van der Waals surface area contributed by atoms with Crippen molar-refractivity contribution >= 4 is 27.2 Å². The quantitative estimate of drug-likeness (QED) is 0.768. The molecule has 0 spiro atoms. The summed E-state index contributed by atoms with van der Waals surface area (Å²) in [6, 6.07) is 10.6. The molecule has 20 heavy (non-hydrogen) atoms. The van der Waals surface area contributed by atoms with Crippen molar-refractivity contribution in [2.45, 2.75) is 13.5 Å². The lowest BCUT2D eigenvalue weighted by Crippen LogP contribution is -1.98. The zero-order chi connectivity index (χ0) is 14.1. The number of hydrogen-bond donors (Lipinski definition) is 1. The molecule has 0 aliphatic heterocycles. The van der Waals surface area contributed by atoms with E-state index in [0.717, 1.165) is 16.8 Å². The van der Waals surface area contributed by atoms with Gasteiger partial charge in [-0.1, -0.05) is 17.7 Å². The highest BCUT2D eigenvalue weighted by Gasteiger charge is 2.12. The molecule has 0 bridgehead atoms. The molecule has 2 aromatic carbocycles. The number of fused-ring (bicyclic) bond motifs is 1. The Kier molecular flexibility index (Phi) is 3.36. The number of rotatable bonds is 3. The minimum Gasteiger partial charge on any atom is -0.379 e. The summed E-state index contributed by atoms with van der Waals surface area (Å²) in [5.74, 6) is -1.65. The largest absolute Gasteiger partial charge is 0.379 e. The summed E-state index contributed by atoms with van der Waals surface area (Å²) in [6.45, 7) is 2.51. The van der Waals surface area contributed by atoms with Crippen molar-refractivity contribution < 1.29 is 8.78 Å². The molecule has 5 heteroatoms. The average Bonchev–Trinajstić information content (AvgIpc) is 2.86. The molecule has 2 nitrogen and oxygen atoms in total. The molecular formula is C15H12F2N2S. The Morgan fingerprint density at radius 2 is 1.85 bits per heavy atom. The van der Waals surface area contributed by atoms with E-state index in [2.05, 4.69) is 10.3 Å². The fraction of sp³-hybridized carbons (Fsp3) is 0.133. The molecule has 0 fully saturated rings. The lowest BCUT2D eigenvalue weighted by Gasteiger charge is -2.03. The molecule has 0 unspecified atom stereocenters. The smallest absolute Gasteiger partial charge is 0.178 e. The maximum absolute atomic E-state index is 13.6. The molecule has 102 valence electrons. The maximum atomic E-state index is 13.6. The van der Waals surface area contributed by atoms with Gasteiger partial charge in [0.15, 0.2) is 11.6 Å². The van der Waals surface area contributed by atoms with Gasteiger partial charge in [-0.25, -0.2) is 13.8 Å². The zero-order valence-corrected chi connectivity index (χ0v) is 11.6. The van der Waals surface area contributed by atoms with Gasteiger partial charge in [-0.15, -0.1) is 11.3 Å². The average molecular weight is 290 g/mol. The van der Waals surface area contributed by atoms with Crippen LogP contribution in [-0.4, -0.2) is 4.98 Å². The predicted octanol–water partition coefficient (Wildman–Crippen LogP) is 4.50. The zero-order valence-electron chi connectivity index (χ0n) is 10.8. The number of benzene rings is 2. The number of halogens is 2. The molecule has 3 aromatic rings. The number of aromatic nitrogens is 1. The van der Waals surface area contributed by atoms with Crippen LogP contribution in [0.3, 0.4) is 0 Å². The Bertz CT molecular complexity index is 750. The van der Waals surface area contributed by atoms with Crippen LogP contribution in [0.25, 0.3) is 10.2 Å². The molecule has 1 N–H and O–H groups in total. The predicted molar refractivity (Wildman–Crippen MR) is 78.0 cm³/mol. The molecule has 0 aliphatic carbocycles. The molecule has 1 aromatic heterocycles. The molecule has 3 rings (SSSR count). The molecule has 0 amide bonds. The van der Waals surface area contributed by atoms with E-state index in [1.165, 1.54) is 23.0 Å². The van der Waals surface area contributed by atoms with Crippen LogP contribution in [0.1, 0.15) is 10.6 Å². The van der Waals surface area contributed by atoms with Crippen LogP contribution in [0.2, 0.25) is 0 Å². The van der Waals surface area contributed by atoms with Crippen molar-refractivity contribution in [1.82, 2.24) is 4.98 Å². The summed E-state index contributed by atoms with van der Waals surface area (Å²) in [5, 5.41) is 3.94. The van der Waals surface area contributed by atoms with Gasteiger partial charge in [0.1, 0.15) is 5.01 Å². The summed E-state index contributed by atoms with van der Waals surface area (Å²) in [4.78, 5) is 4.30. The van der Waals surface area contributed by atoms with Gasteiger partial charge in [0.2, 0.25) is 0 Å². The SMILES string of the molecule is Cc1ccc(NCc2nc3ccc(F)c(F)c3s2)cc1. The second kappa shape index (κ2) is 5.17. The van der Waals surface area contributed by atoms with Gasteiger partial charge >= 0.3 is 0 Å². The van der Waals surface area contributed by atoms with Crippen LogP contribution in [0, 0.1) is 18.6 Å². The molecule has 1 heterocycles. The van der Waals surface area contributed by atoms with Gasteiger partial charge in [0, 0.05) is 5.69 Å². The second-order valence-corrected chi connectivity index (χ2v) is 5.62. The fourth-order valence-corrected chi connectivity index (χ4v) is 2.84. The van der Waals surface area contributed by atoms with Crippen LogP contribution >= 0.6 is 11.3 Å². The van der Waals surface area contributed by atoms with Gasteiger partial charge in [0.25, 0.3) is 0 Å². The lowest BCUT2D eigenvalue weighted by atomic mass is 10.2. The molecule has 0 saturated carbocycles. The van der Waals surface area contributed by atoms with E-state index >= 15 is 0 Å². The van der Waals surface area contributed by atoms with Crippen LogP contribution in [0.4, 0.5) is 14.5 Å². The first-order chi connectivity index (χ1) is 9.63. The molecule has 0 aliphatic rings. The van der Waals surface area contributed by atoms with Crippen molar-refractivity contribution in [3.05, 3.63) is 58.6 Å². The standard InChI is InChI=1S/C15H12F2N2S/c1-9-2-4-10(5-3-9)18-8-13-19-12-7-6-11(16)14(17)15(12)20-13/h2-7,18H,8H2,1H3. The third kappa shape index (κ3) is 2.49. The van der Waals surface area contributed by atoms with Crippen LogP contribution in [0.15, 0.2) is 36.4 Å². The highest BCUT2D eigenvalue weighted by atomic mass is 32.1.